The maximum atomic E-state index is 11.6. The Labute approximate surface area is 109 Å². The van der Waals surface area contributed by atoms with Gasteiger partial charge in [-0.05, 0) is 47.3 Å². The van der Waals surface area contributed by atoms with Crippen LogP contribution in [0.1, 0.15) is 33.1 Å². The summed E-state index contributed by atoms with van der Waals surface area (Å²) in [6.07, 6.45) is 1.34. The van der Waals surface area contributed by atoms with E-state index in [0.717, 1.165) is 13.0 Å². The van der Waals surface area contributed by atoms with Gasteiger partial charge in [-0.1, -0.05) is 0 Å². The van der Waals surface area contributed by atoms with Crippen molar-refractivity contribution in [2.24, 2.45) is 0 Å². The van der Waals surface area contributed by atoms with Gasteiger partial charge in [-0.3, -0.25) is 4.79 Å². The van der Waals surface area contributed by atoms with E-state index in [0.29, 0.717) is 13.0 Å². The van der Waals surface area contributed by atoms with Crippen LogP contribution in [0.15, 0.2) is 0 Å². The summed E-state index contributed by atoms with van der Waals surface area (Å²) in [6.45, 7) is 5.16. The van der Waals surface area contributed by atoms with E-state index in [-0.39, 0.29) is 12.5 Å². The van der Waals surface area contributed by atoms with Crippen LogP contribution in [-0.4, -0.2) is 54.7 Å². The Morgan fingerprint density at radius 1 is 1.28 bits per heavy atom. The number of nitrogens with zero attached hydrogens (tertiary/aromatic N) is 1. The van der Waals surface area contributed by atoms with E-state index >= 15 is 0 Å². The Hall–Kier alpha value is -1.30. The third kappa shape index (κ3) is 9.89. The fourth-order valence-corrected chi connectivity index (χ4v) is 1.43. The number of urea groups is 1. The van der Waals surface area contributed by atoms with Crippen LogP contribution in [0.5, 0.6) is 0 Å². The molecule has 0 unspecified atom stereocenters. The van der Waals surface area contributed by atoms with E-state index in [1.54, 1.807) is 0 Å². The molecule has 0 spiro atoms. The van der Waals surface area contributed by atoms with E-state index < -0.39 is 11.5 Å². The zero-order chi connectivity index (χ0) is 14.2. The molecule has 6 nitrogen and oxygen atoms in total. The number of nitrogens with one attached hydrogen (secondary N) is 2. The third-order valence-electron chi connectivity index (χ3n) is 2.48. The molecule has 0 saturated carbocycles. The van der Waals surface area contributed by atoms with Gasteiger partial charge in [-0.2, -0.15) is 0 Å². The first-order valence-electron chi connectivity index (χ1n) is 6.15. The first-order chi connectivity index (χ1) is 8.23. The molecule has 0 rings (SSSR count). The summed E-state index contributed by atoms with van der Waals surface area (Å²) in [5.74, 6) is -0.851. The number of carbonyl (C=O) groups is 2. The molecule has 0 aromatic heterocycles. The van der Waals surface area contributed by atoms with E-state index in [1.165, 1.54) is 0 Å². The standard InChI is InChI=1S/C12H25N3O3/c1-12(2,7-6-10(16)17)14-11(18)13-8-5-9-15(3)4/h5-9H2,1-4H3,(H,16,17)(H2,13,14,18). The molecule has 0 fully saturated rings. The number of amides is 2. The highest BCUT2D eigenvalue weighted by Gasteiger charge is 2.21. The lowest BCUT2D eigenvalue weighted by molar-refractivity contribution is -0.137. The number of hydrogen-bond donors (Lipinski definition) is 3. The molecule has 18 heavy (non-hydrogen) atoms. The van der Waals surface area contributed by atoms with Crippen LogP contribution in [0.2, 0.25) is 0 Å². The average Bonchev–Trinajstić information content (AvgIpc) is 2.21. The normalized spacial score (nSPS) is 11.4. The zero-order valence-electron chi connectivity index (χ0n) is 11.7. The van der Waals surface area contributed by atoms with Crippen LogP contribution in [0, 0.1) is 0 Å². The minimum atomic E-state index is -0.851. The SMILES string of the molecule is CN(C)CCCNC(=O)NC(C)(C)CCC(=O)O. The molecule has 0 aliphatic heterocycles. The minimum absolute atomic E-state index is 0.0495. The van der Waals surface area contributed by atoms with E-state index in [1.807, 2.05) is 27.9 Å². The van der Waals surface area contributed by atoms with Crippen molar-refractivity contribution >= 4 is 12.0 Å². The Bertz CT molecular complexity index is 278. The largest absolute Gasteiger partial charge is 0.481 e. The van der Waals surface area contributed by atoms with Gasteiger partial charge < -0.3 is 20.6 Å². The third-order valence-corrected chi connectivity index (χ3v) is 2.48. The summed E-state index contributed by atoms with van der Waals surface area (Å²) >= 11 is 0. The Kier molecular flexibility index (Phi) is 7.35. The van der Waals surface area contributed by atoms with E-state index in [9.17, 15) is 9.59 Å². The van der Waals surface area contributed by atoms with Crippen LogP contribution in [0.4, 0.5) is 4.79 Å². The van der Waals surface area contributed by atoms with Gasteiger partial charge in [0.2, 0.25) is 0 Å². The average molecular weight is 259 g/mol. The van der Waals surface area contributed by atoms with Crippen molar-refractivity contribution in [2.45, 2.75) is 38.6 Å². The number of aliphatic carboxylic acids is 1. The molecule has 2 amide bonds. The number of carbonyl (C=O) groups excluding carboxylic acids is 1. The Morgan fingerprint density at radius 3 is 2.39 bits per heavy atom. The van der Waals surface area contributed by atoms with Gasteiger partial charge >= 0.3 is 12.0 Å². The van der Waals surface area contributed by atoms with Crippen molar-refractivity contribution in [3.63, 3.8) is 0 Å². The summed E-state index contributed by atoms with van der Waals surface area (Å²) in [5.41, 5.74) is -0.510. The van der Waals surface area contributed by atoms with Crippen molar-refractivity contribution < 1.29 is 14.7 Å². The molecule has 0 aliphatic rings. The van der Waals surface area contributed by atoms with Gasteiger partial charge in [0.1, 0.15) is 0 Å². The molecular weight excluding hydrogens is 234 g/mol. The highest BCUT2D eigenvalue weighted by Crippen LogP contribution is 2.10. The molecule has 0 aromatic carbocycles. The molecule has 0 bridgehead atoms. The molecule has 0 radical (unpaired) electrons. The van der Waals surface area contributed by atoms with Crippen LogP contribution in [0.3, 0.4) is 0 Å². The summed E-state index contributed by atoms with van der Waals surface area (Å²) in [4.78, 5) is 24.1. The minimum Gasteiger partial charge on any atom is -0.481 e. The van der Waals surface area contributed by atoms with Gasteiger partial charge in [-0.25, -0.2) is 4.79 Å². The summed E-state index contributed by atoms with van der Waals surface area (Å²) < 4.78 is 0. The summed E-state index contributed by atoms with van der Waals surface area (Å²) in [7, 11) is 3.96. The summed E-state index contributed by atoms with van der Waals surface area (Å²) in [5, 5.41) is 14.1. The van der Waals surface area contributed by atoms with Crippen LogP contribution >= 0.6 is 0 Å². The Balaban J connectivity index is 3.81. The predicted molar refractivity (Wildman–Crippen MR) is 70.7 cm³/mol. The second-order valence-electron chi connectivity index (χ2n) is 5.32. The maximum Gasteiger partial charge on any atom is 0.315 e. The number of rotatable bonds is 8. The smallest absolute Gasteiger partial charge is 0.315 e. The molecule has 6 heteroatoms. The van der Waals surface area contributed by atoms with Crippen molar-refractivity contribution in [3.8, 4) is 0 Å². The second kappa shape index (κ2) is 7.92. The topological polar surface area (TPSA) is 81.7 Å². The zero-order valence-corrected chi connectivity index (χ0v) is 11.7. The highest BCUT2D eigenvalue weighted by molar-refractivity contribution is 5.74. The van der Waals surface area contributed by atoms with Crippen molar-refractivity contribution in [1.29, 1.82) is 0 Å². The Morgan fingerprint density at radius 2 is 1.89 bits per heavy atom. The summed E-state index contributed by atoms with van der Waals surface area (Å²) in [6, 6.07) is -0.246. The molecular formula is C12H25N3O3. The lowest BCUT2D eigenvalue weighted by Gasteiger charge is -2.25. The van der Waals surface area contributed by atoms with Crippen LogP contribution in [-0.2, 0) is 4.79 Å². The van der Waals surface area contributed by atoms with Gasteiger partial charge in [-0.15, -0.1) is 0 Å². The molecule has 0 aromatic rings. The van der Waals surface area contributed by atoms with Crippen molar-refractivity contribution in [1.82, 2.24) is 15.5 Å². The maximum absolute atomic E-state index is 11.6. The predicted octanol–water partition coefficient (Wildman–Crippen LogP) is 0.881. The van der Waals surface area contributed by atoms with Crippen LogP contribution in [0.25, 0.3) is 0 Å². The van der Waals surface area contributed by atoms with Gasteiger partial charge in [0, 0.05) is 18.5 Å². The van der Waals surface area contributed by atoms with Gasteiger partial charge in [0.15, 0.2) is 0 Å². The molecule has 0 heterocycles. The number of carboxylic acid groups (broad SMARTS) is 1. The van der Waals surface area contributed by atoms with E-state index in [4.69, 9.17) is 5.11 Å². The lowest BCUT2D eigenvalue weighted by Crippen LogP contribution is -2.48. The molecule has 0 aliphatic carbocycles. The molecule has 0 atom stereocenters. The second-order valence-corrected chi connectivity index (χ2v) is 5.32. The highest BCUT2D eigenvalue weighted by atomic mass is 16.4. The lowest BCUT2D eigenvalue weighted by atomic mass is 9.99. The fourth-order valence-electron chi connectivity index (χ4n) is 1.43. The number of carboxylic acids is 1. The number of hydrogen-bond acceptors (Lipinski definition) is 3. The fraction of sp³-hybridized carbons (Fsp3) is 0.833. The van der Waals surface area contributed by atoms with Crippen LogP contribution < -0.4 is 10.6 Å². The monoisotopic (exact) mass is 259 g/mol. The van der Waals surface area contributed by atoms with Crippen molar-refractivity contribution in [2.75, 3.05) is 27.2 Å². The first-order valence-corrected chi connectivity index (χ1v) is 6.15. The quantitative estimate of drug-likeness (QED) is 0.565. The molecule has 3 N–H and O–H groups in total. The first kappa shape index (κ1) is 16.7. The van der Waals surface area contributed by atoms with E-state index in [2.05, 4.69) is 15.5 Å². The van der Waals surface area contributed by atoms with Gasteiger partial charge in [0.25, 0.3) is 0 Å². The van der Waals surface area contributed by atoms with Crippen molar-refractivity contribution in [3.05, 3.63) is 0 Å². The van der Waals surface area contributed by atoms with Gasteiger partial charge in [0.05, 0.1) is 0 Å². The molecule has 0 saturated heterocycles. The molecule has 106 valence electrons.